The molecule has 0 aliphatic carbocycles. The second-order valence-electron chi connectivity index (χ2n) is 8.80. The summed E-state index contributed by atoms with van der Waals surface area (Å²) < 4.78 is 33.1. The van der Waals surface area contributed by atoms with Gasteiger partial charge >= 0.3 is 18.1 Å². The van der Waals surface area contributed by atoms with Crippen molar-refractivity contribution in [3.05, 3.63) is 123 Å². The van der Waals surface area contributed by atoms with Crippen molar-refractivity contribution in [2.24, 2.45) is 0 Å². The van der Waals surface area contributed by atoms with Gasteiger partial charge in [0.15, 0.2) is 0 Å². The van der Waals surface area contributed by atoms with Crippen LogP contribution in [0, 0.1) is 0 Å². The monoisotopic (exact) mass is 627 g/mol. The molecule has 0 aromatic heterocycles. The number of carbonyl (C=O) groups is 3. The zero-order chi connectivity index (χ0) is 30.3. The maximum Gasteiger partial charge on any atom is 0.412 e. The molecular weight excluding hydrogens is 605 g/mol. The molecule has 0 atom stereocenters. The molecule has 0 heterocycles. The highest BCUT2D eigenvalue weighted by Crippen LogP contribution is 2.31. The molecule has 0 radical (unpaired) electrons. The Hall–Kier alpha value is -4.58. The largest absolute Gasteiger partial charge is 0.478 e. The zero-order valence-corrected chi connectivity index (χ0v) is 24.0. The number of hydrogen-bond donors (Lipinski definition) is 4. The van der Waals surface area contributed by atoms with Crippen LogP contribution in [0.1, 0.15) is 27.0 Å². The first-order valence-electron chi connectivity index (χ1n) is 12.2. The molecular formula is C29H23Cl2N3O7S. The molecule has 0 saturated heterocycles. The molecule has 10 nitrogen and oxygen atoms in total. The summed E-state index contributed by atoms with van der Waals surface area (Å²) >= 11 is 12.5. The van der Waals surface area contributed by atoms with Crippen LogP contribution >= 0.6 is 23.2 Å². The summed E-state index contributed by atoms with van der Waals surface area (Å²) in [5, 5.41) is 14.6. The van der Waals surface area contributed by atoms with Gasteiger partial charge < -0.3 is 15.2 Å². The Morgan fingerprint density at radius 3 is 2.05 bits per heavy atom. The van der Waals surface area contributed by atoms with Gasteiger partial charge in [-0.25, -0.2) is 27.5 Å². The number of urea groups is 1. The Kier molecular flexibility index (Phi) is 9.68. The van der Waals surface area contributed by atoms with E-state index in [4.69, 9.17) is 27.9 Å². The Labute approximate surface area is 251 Å². The number of nitrogens with one attached hydrogen (secondary N) is 3. The third kappa shape index (κ3) is 7.78. The summed E-state index contributed by atoms with van der Waals surface area (Å²) in [7, 11) is -4.52. The van der Waals surface area contributed by atoms with Gasteiger partial charge in [0, 0.05) is 11.4 Å². The number of carbonyl (C=O) groups excluding carboxylic acids is 2. The number of anilines is 2. The van der Waals surface area contributed by atoms with Crippen molar-refractivity contribution < 1.29 is 32.6 Å². The minimum absolute atomic E-state index is 0.0191. The number of aromatic carboxylic acids is 1. The summed E-state index contributed by atoms with van der Waals surface area (Å²) in [6.07, 6.45) is -0.718. The lowest BCUT2D eigenvalue weighted by molar-refractivity contribution is 0.0698. The molecule has 13 heteroatoms. The number of benzene rings is 4. The van der Waals surface area contributed by atoms with E-state index in [2.05, 4.69) is 10.6 Å². The first kappa shape index (κ1) is 30.4. The number of ether oxygens (including phenoxy) is 1. The number of halogens is 2. The van der Waals surface area contributed by atoms with Crippen LogP contribution in [0.2, 0.25) is 10.0 Å². The summed E-state index contributed by atoms with van der Waals surface area (Å²) in [5.41, 5.74) is 1.27. The van der Waals surface area contributed by atoms with Gasteiger partial charge in [0.25, 0.3) is 10.0 Å². The summed E-state index contributed by atoms with van der Waals surface area (Å²) in [5.74, 6) is -1.35. The van der Waals surface area contributed by atoms with E-state index in [9.17, 15) is 27.9 Å². The lowest BCUT2D eigenvalue weighted by Crippen LogP contribution is -2.35. The fourth-order valence-corrected chi connectivity index (χ4v) is 5.19. The standard InChI is InChI=1S/C29H23Cl2N3O7S/c30-23-14-12-21(27(35)36)26(22(23)15-18-7-3-1-4-8-18)33-28(37)34-42(39,40)20-11-13-24(31)25(16-20)32-29(38)41-17-19-9-5-2-6-10-19/h1-14,16H,15,17H2,(H,32,38)(H,35,36)(H2,33,34,37). The van der Waals surface area contributed by atoms with Crippen LogP contribution in [-0.2, 0) is 27.8 Å². The van der Waals surface area contributed by atoms with Gasteiger partial charge in [0.1, 0.15) is 6.61 Å². The second kappa shape index (κ2) is 13.4. The number of carboxylic acid groups (broad SMARTS) is 1. The third-order valence-corrected chi connectivity index (χ3v) is 7.89. The highest BCUT2D eigenvalue weighted by Gasteiger charge is 2.24. The molecule has 0 saturated carbocycles. The van der Waals surface area contributed by atoms with E-state index in [1.54, 1.807) is 48.5 Å². The van der Waals surface area contributed by atoms with Crippen molar-refractivity contribution in [3.63, 3.8) is 0 Å². The van der Waals surface area contributed by atoms with E-state index in [-0.39, 0.29) is 45.6 Å². The highest BCUT2D eigenvalue weighted by molar-refractivity contribution is 7.90. The van der Waals surface area contributed by atoms with Crippen LogP contribution < -0.4 is 15.4 Å². The van der Waals surface area contributed by atoms with Crippen molar-refractivity contribution in [2.45, 2.75) is 17.9 Å². The fourth-order valence-electron chi connectivity index (χ4n) is 3.87. The van der Waals surface area contributed by atoms with E-state index in [1.165, 1.54) is 18.2 Å². The quantitative estimate of drug-likeness (QED) is 0.164. The number of amides is 3. The maximum atomic E-state index is 13.1. The van der Waals surface area contributed by atoms with E-state index < -0.39 is 33.0 Å². The molecule has 0 bridgehead atoms. The average Bonchev–Trinajstić information content (AvgIpc) is 2.95. The number of carboxylic acids is 1. The number of hydrogen-bond acceptors (Lipinski definition) is 6. The van der Waals surface area contributed by atoms with Crippen LogP contribution in [-0.4, -0.2) is 31.6 Å². The highest BCUT2D eigenvalue weighted by atomic mass is 35.5. The third-order valence-electron chi connectivity index (χ3n) is 5.87. The van der Waals surface area contributed by atoms with Crippen molar-refractivity contribution >= 4 is 62.7 Å². The minimum atomic E-state index is -4.52. The SMILES string of the molecule is O=C(Nc1c(C(=O)O)ccc(Cl)c1Cc1ccccc1)NS(=O)(=O)c1ccc(Cl)c(NC(=O)OCc2ccccc2)c1. The Morgan fingerprint density at radius 2 is 1.40 bits per heavy atom. The molecule has 3 amide bonds. The van der Waals surface area contributed by atoms with Crippen LogP contribution in [0.15, 0.2) is 95.9 Å². The van der Waals surface area contributed by atoms with Crippen molar-refractivity contribution in [1.82, 2.24) is 4.72 Å². The Bertz CT molecular complexity index is 1740. The lowest BCUT2D eigenvalue weighted by atomic mass is 9.99. The van der Waals surface area contributed by atoms with E-state index in [0.717, 1.165) is 23.3 Å². The predicted octanol–water partition coefficient (Wildman–Crippen LogP) is 6.54. The van der Waals surface area contributed by atoms with Gasteiger partial charge in [-0.3, -0.25) is 5.32 Å². The average molecular weight is 628 g/mol. The second-order valence-corrected chi connectivity index (χ2v) is 11.3. The van der Waals surface area contributed by atoms with E-state index >= 15 is 0 Å². The minimum Gasteiger partial charge on any atom is -0.478 e. The molecule has 0 aliphatic rings. The van der Waals surface area contributed by atoms with Crippen LogP contribution in [0.4, 0.5) is 21.0 Å². The fraction of sp³-hybridized carbons (Fsp3) is 0.0690. The summed E-state index contributed by atoms with van der Waals surface area (Å²) in [4.78, 5) is 36.7. The maximum absolute atomic E-state index is 13.1. The molecule has 0 spiro atoms. The molecule has 216 valence electrons. The van der Waals surface area contributed by atoms with Gasteiger partial charge in [-0.1, -0.05) is 83.9 Å². The Balaban J connectivity index is 1.52. The molecule has 4 rings (SSSR count). The zero-order valence-electron chi connectivity index (χ0n) is 21.6. The summed E-state index contributed by atoms with van der Waals surface area (Å²) in [6, 6.07) is 22.6. The molecule has 42 heavy (non-hydrogen) atoms. The van der Waals surface area contributed by atoms with Crippen molar-refractivity contribution in [2.75, 3.05) is 10.6 Å². The van der Waals surface area contributed by atoms with Gasteiger partial charge in [-0.2, -0.15) is 0 Å². The van der Waals surface area contributed by atoms with Gasteiger partial charge in [0.05, 0.1) is 26.9 Å². The van der Waals surface area contributed by atoms with Crippen LogP contribution in [0.5, 0.6) is 0 Å². The smallest absolute Gasteiger partial charge is 0.412 e. The Morgan fingerprint density at radius 1 is 0.786 bits per heavy atom. The van der Waals surface area contributed by atoms with E-state index in [1.807, 2.05) is 16.9 Å². The lowest BCUT2D eigenvalue weighted by Gasteiger charge is -2.17. The predicted molar refractivity (Wildman–Crippen MR) is 159 cm³/mol. The van der Waals surface area contributed by atoms with E-state index in [0.29, 0.717) is 0 Å². The normalized spacial score (nSPS) is 10.9. The molecule has 0 aliphatic heterocycles. The van der Waals surface area contributed by atoms with Crippen molar-refractivity contribution in [3.8, 4) is 0 Å². The molecule has 4 aromatic rings. The summed E-state index contributed by atoms with van der Waals surface area (Å²) in [6.45, 7) is -0.0297. The first-order chi connectivity index (χ1) is 20.0. The first-order valence-corrected chi connectivity index (χ1v) is 14.5. The molecule has 0 fully saturated rings. The van der Waals surface area contributed by atoms with Gasteiger partial charge in [-0.05, 0) is 47.0 Å². The topological polar surface area (TPSA) is 151 Å². The molecule has 4 N–H and O–H groups in total. The number of sulfonamides is 1. The number of rotatable bonds is 9. The molecule has 4 aromatic carbocycles. The van der Waals surface area contributed by atoms with Gasteiger partial charge in [-0.15, -0.1) is 0 Å². The van der Waals surface area contributed by atoms with Gasteiger partial charge in [0.2, 0.25) is 0 Å². The van der Waals surface area contributed by atoms with Crippen molar-refractivity contribution in [1.29, 1.82) is 0 Å². The molecule has 0 unspecified atom stereocenters. The van der Waals surface area contributed by atoms with Crippen LogP contribution in [0.25, 0.3) is 0 Å². The van der Waals surface area contributed by atoms with Crippen LogP contribution in [0.3, 0.4) is 0 Å².